The van der Waals surface area contributed by atoms with Crippen LogP contribution >= 0.6 is 24.8 Å². The number of rotatable bonds is 11. The van der Waals surface area contributed by atoms with E-state index in [-0.39, 0.29) is 36.4 Å². The monoisotopic (exact) mass is 470 g/mol. The molecule has 7 heteroatoms. The van der Waals surface area contributed by atoms with Gasteiger partial charge in [-0.15, -0.1) is 24.8 Å². The number of ketones is 1. The van der Waals surface area contributed by atoms with Crippen LogP contribution in [0.4, 0.5) is 4.39 Å². The van der Waals surface area contributed by atoms with Crippen LogP contribution in [0.2, 0.25) is 0 Å². The molecule has 1 heterocycles. The molecule has 1 saturated heterocycles. The third kappa shape index (κ3) is 9.56. The molecule has 2 aromatic rings. The summed E-state index contributed by atoms with van der Waals surface area (Å²) in [6.45, 7) is 6.37. The lowest BCUT2D eigenvalue weighted by atomic mass is 10.0. The molecule has 0 aliphatic carbocycles. The van der Waals surface area contributed by atoms with Gasteiger partial charge in [-0.2, -0.15) is 0 Å². The van der Waals surface area contributed by atoms with Gasteiger partial charge in [0.1, 0.15) is 11.6 Å². The lowest BCUT2D eigenvalue weighted by molar-refractivity contribution is 0.103. The highest BCUT2D eigenvalue weighted by Crippen LogP contribution is 2.16. The molecule has 1 aliphatic rings. The third-order valence-corrected chi connectivity index (χ3v) is 5.27. The quantitative estimate of drug-likeness (QED) is 0.364. The van der Waals surface area contributed by atoms with Crippen molar-refractivity contribution in [1.82, 2.24) is 10.2 Å². The van der Waals surface area contributed by atoms with Gasteiger partial charge in [0.2, 0.25) is 0 Å². The number of hydrogen-bond acceptors (Lipinski definition) is 4. The Balaban J connectivity index is 0.00000240. The molecule has 172 valence electrons. The van der Waals surface area contributed by atoms with E-state index in [1.807, 2.05) is 12.1 Å². The van der Waals surface area contributed by atoms with Crippen molar-refractivity contribution in [2.75, 3.05) is 39.3 Å². The van der Waals surface area contributed by atoms with Crippen molar-refractivity contribution >= 4 is 30.6 Å². The van der Waals surface area contributed by atoms with Crippen LogP contribution in [-0.4, -0.2) is 50.0 Å². The van der Waals surface area contributed by atoms with E-state index in [2.05, 4.69) is 10.2 Å². The molecule has 3 rings (SSSR count). The minimum Gasteiger partial charge on any atom is -0.494 e. The number of nitrogens with zero attached hydrogens (tertiary/aromatic N) is 1. The first-order valence-corrected chi connectivity index (χ1v) is 10.7. The molecule has 31 heavy (non-hydrogen) atoms. The van der Waals surface area contributed by atoms with Crippen LogP contribution in [0.1, 0.15) is 48.0 Å². The average Bonchev–Trinajstić information content (AvgIpc) is 2.77. The Labute approximate surface area is 197 Å². The Kier molecular flexibility index (Phi) is 13.4. The van der Waals surface area contributed by atoms with Gasteiger partial charge in [-0.05, 0) is 107 Å². The minimum atomic E-state index is -0.346. The van der Waals surface area contributed by atoms with Crippen LogP contribution in [0, 0.1) is 5.82 Å². The van der Waals surface area contributed by atoms with Gasteiger partial charge >= 0.3 is 0 Å². The lowest BCUT2D eigenvalue weighted by Crippen LogP contribution is -2.32. The summed E-state index contributed by atoms with van der Waals surface area (Å²) in [4.78, 5) is 14.9. The molecule has 0 saturated carbocycles. The summed E-state index contributed by atoms with van der Waals surface area (Å²) in [5, 5.41) is 3.48. The second kappa shape index (κ2) is 15.2. The number of carbonyl (C=O) groups excluding carboxylic acids is 1. The highest BCUT2D eigenvalue weighted by atomic mass is 35.5. The molecule has 1 N–H and O–H groups in total. The second-order valence-electron chi connectivity index (χ2n) is 7.57. The van der Waals surface area contributed by atoms with E-state index in [0.717, 1.165) is 25.3 Å². The first kappa shape index (κ1) is 27.4. The topological polar surface area (TPSA) is 41.6 Å². The predicted molar refractivity (Wildman–Crippen MR) is 129 cm³/mol. The number of hydrogen-bond donors (Lipinski definition) is 1. The van der Waals surface area contributed by atoms with Crippen LogP contribution in [0.15, 0.2) is 48.5 Å². The van der Waals surface area contributed by atoms with Gasteiger partial charge < -0.3 is 15.0 Å². The number of benzene rings is 2. The summed E-state index contributed by atoms with van der Waals surface area (Å²) in [7, 11) is 0. The highest BCUT2D eigenvalue weighted by molar-refractivity contribution is 6.08. The fraction of sp³-hybridized carbons (Fsp3) is 0.458. The van der Waals surface area contributed by atoms with E-state index in [9.17, 15) is 9.18 Å². The Hall–Kier alpha value is -1.66. The summed E-state index contributed by atoms with van der Waals surface area (Å²) in [5.74, 6) is 0.290. The smallest absolute Gasteiger partial charge is 0.193 e. The summed E-state index contributed by atoms with van der Waals surface area (Å²) in [6, 6.07) is 12.7. The van der Waals surface area contributed by atoms with Crippen molar-refractivity contribution in [2.24, 2.45) is 0 Å². The zero-order valence-electron chi connectivity index (χ0n) is 17.9. The lowest BCUT2D eigenvalue weighted by Gasteiger charge is -2.26. The van der Waals surface area contributed by atoms with Crippen molar-refractivity contribution in [3.63, 3.8) is 0 Å². The summed E-state index contributed by atoms with van der Waals surface area (Å²) < 4.78 is 18.7. The predicted octanol–water partition coefficient (Wildman–Crippen LogP) is 5.13. The fourth-order valence-corrected chi connectivity index (χ4v) is 3.59. The number of carbonyl (C=O) groups is 1. The van der Waals surface area contributed by atoms with E-state index < -0.39 is 0 Å². The Morgan fingerprint density at radius 3 is 2.10 bits per heavy atom. The van der Waals surface area contributed by atoms with E-state index >= 15 is 0 Å². The maximum atomic E-state index is 13.0. The number of halogens is 3. The first-order valence-electron chi connectivity index (χ1n) is 10.7. The fourth-order valence-electron chi connectivity index (χ4n) is 3.59. The number of ether oxygens (including phenoxy) is 1. The highest BCUT2D eigenvalue weighted by Gasteiger charge is 2.10. The first-order chi connectivity index (χ1) is 14.2. The van der Waals surface area contributed by atoms with Crippen LogP contribution in [0.25, 0.3) is 0 Å². The van der Waals surface area contributed by atoms with Gasteiger partial charge in [0.25, 0.3) is 0 Å². The van der Waals surface area contributed by atoms with E-state index in [0.29, 0.717) is 17.7 Å². The molecular formula is C24H33Cl2FN2O2. The molecule has 1 aliphatic heterocycles. The van der Waals surface area contributed by atoms with Gasteiger partial charge in [0, 0.05) is 11.1 Å². The van der Waals surface area contributed by atoms with Crippen LogP contribution in [-0.2, 0) is 0 Å². The molecule has 0 spiro atoms. The summed E-state index contributed by atoms with van der Waals surface area (Å²) >= 11 is 0. The van der Waals surface area contributed by atoms with Crippen molar-refractivity contribution in [3.8, 4) is 5.75 Å². The maximum absolute atomic E-state index is 13.0. The SMILES string of the molecule is Cl.Cl.O=C(c1ccc(F)cc1)c1ccc(OCCCNCCCN2CCCCC2)cc1. The number of nitrogens with one attached hydrogen (secondary N) is 1. The molecular weight excluding hydrogens is 438 g/mol. The largest absolute Gasteiger partial charge is 0.494 e. The van der Waals surface area contributed by atoms with Crippen LogP contribution < -0.4 is 10.1 Å². The van der Waals surface area contributed by atoms with Gasteiger partial charge in [-0.1, -0.05) is 6.42 Å². The zero-order chi connectivity index (χ0) is 20.3. The van der Waals surface area contributed by atoms with Crippen LogP contribution in [0.5, 0.6) is 5.75 Å². The molecule has 0 unspecified atom stereocenters. The molecule has 0 bridgehead atoms. The number of likely N-dealkylation sites (tertiary alicyclic amines) is 1. The summed E-state index contributed by atoms with van der Waals surface area (Å²) in [6.07, 6.45) is 6.24. The van der Waals surface area contributed by atoms with E-state index in [1.165, 1.54) is 69.6 Å². The van der Waals surface area contributed by atoms with Crippen molar-refractivity contribution in [2.45, 2.75) is 32.1 Å². The molecule has 2 aromatic carbocycles. The van der Waals surface area contributed by atoms with Crippen molar-refractivity contribution in [1.29, 1.82) is 0 Å². The standard InChI is InChI=1S/C24H31FN2O2.2ClH/c25-22-10-6-20(7-11-22)24(28)21-8-12-23(13-9-21)29-19-5-15-26-14-4-18-27-16-2-1-3-17-27;;/h6-13,26H,1-5,14-19H2;2*1H. The van der Waals surface area contributed by atoms with E-state index in [1.54, 1.807) is 12.1 Å². The molecule has 0 amide bonds. The molecule has 1 fully saturated rings. The third-order valence-electron chi connectivity index (χ3n) is 5.27. The van der Waals surface area contributed by atoms with Gasteiger partial charge in [-0.25, -0.2) is 4.39 Å². The van der Waals surface area contributed by atoms with Crippen molar-refractivity contribution < 1.29 is 13.9 Å². The maximum Gasteiger partial charge on any atom is 0.193 e. The molecule has 0 aromatic heterocycles. The average molecular weight is 471 g/mol. The minimum absolute atomic E-state index is 0. The van der Waals surface area contributed by atoms with Gasteiger partial charge in [0.05, 0.1) is 6.61 Å². The molecule has 4 nitrogen and oxygen atoms in total. The Morgan fingerprint density at radius 1 is 0.871 bits per heavy atom. The second-order valence-corrected chi connectivity index (χ2v) is 7.57. The van der Waals surface area contributed by atoms with Gasteiger partial charge in [-0.3, -0.25) is 4.79 Å². The normalized spacial score (nSPS) is 13.7. The Bertz CT molecular complexity index is 751. The zero-order valence-corrected chi connectivity index (χ0v) is 19.5. The number of piperidine rings is 1. The molecule has 0 radical (unpaired) electrons. The Morgan fingerprint density at radius 2 is 1.45 bits per heavy atom. The summed E-state index contributed by atoms with van der Waals surface area (Å²) in [5.41, 5.74) is 1.05. The molecule has 0 atom stereocenters. The van der Waals surface area contributed by atoms with Crippen molar-refractivity contribution in [3.05, 3.63) is 65.5 Å². The van der Waals surface area contributed by atoms with Crippen LogP contribution in [0.3, 0.4) is 0 Å². The van der Waals surface area contributed by atoms with Gasteiger partial charge in [0.15, 0.2) is 5.78 Å². The van der Waals surface area contributed by atoms with E-state index in [4.69, 9.17) is 4.74 Å².